The summed E-state index contributed by atoms with van der Waals surface area (Å²) >= 11 is 1.63. The fourth-order valence-electron chi connectivity index (χ4n) is 3.25. The first-order chi connectivity index (χ1) is 14.0. The fourth-order valence-corrected chi connectivity index (χ4v) is 4.03. The molecule has 0 saturated carbocycles. The van der Waals surface area contributed by atoms with E-state index in [4.69, 9.17) is 14.5 Å². The Hall–Kier alpha value is -2.62. The number of carbonyl (C=O) groups is 1. The molecule has 29 heavy (non-hydrogen) atoms. The summed E-state index contributed by atoms with van der Waals surface area (Å²) in [7, 11) is 1.76. The van der Waals surface area contributed by atoms with E-state index < -0.39 is 0 Å². The molecule has 0 unspecified atom stereocenters. The Labute approximate surface area is 173 Å². The van der Waals surface area contributed by atoms with E-state index in [1.54, 1.807) is 40.4 Å². The van der Waals surface area contributed by atoms with E-state index in [0.29, 0.717) is 43.6 Å². The van der Waals surface area contributed by atoms with Gasteiger partial charge in [0.2, 0.25) is 0 Å². The van der Waals surface area contributed by atoms with E-state index in [-0.39, 0.29) is 12.0 Å². The van der Waals surface area contributed by atoms with E-state index in [9.17, 15) is 4.79 Å². The summed E-state index contributed by atoms with van der Waals surface area (Å²) in [5.41, 5.74) is 3.08. The van der Waals surface area contributed by atoms with Gasteiger partial charge in [-0.3, -0.25) is 4.79 Å². The van der Waals surface area contributed by atoms with Crippen LogP contribution in [-0.2, 0) is 9.47 Å². The lowest BCUT2D eigenvalue weighted by atomic mass is 10.2. The van der Waals surface area contributed by atoms with Gasteiger partial charge in [-0.1, -0.05) is 6.07 Å². The van der Waals surface area contributed by atoms with Crippen LogP contribution >= 0.6 is 11.3 Å². The molecular formula is C20H23N5O3S. The number of thiophene rings is 1. The van der Waals surface area contributed by atoms with Gasteiger partial charge in [-0.25, -0.2) is 14.6 Å². The minimum atomic E-state index is -0.117. The summed E-state index contributed by atoms with van der Waals surface area (Å²) in [5, 5.41) is 6.40. The van der Waals surface area contributed by atoms with Crippen molar-refractivity contribution >= 4 is 17.2 Å². The van der Waals surface area contributed by atoms with Crippen molar-refractivity contribution in [2.24, 2.45) is 0 Å². The summed E-state index contributed by atoms with van der Waals surface area (Å²) < 4.78 is 12.7. The molecule has 0 spiro atoms. The molecule has 0 radical (unpaired) electrons. The lowest BCUT2D eigenvalue weighted by Crippen LogP contribution is -2.40. The van der Waals surface area contributed by atoms with Gasteiger partial charge in [0, 0.05) is 19.8 Å². The second-order valence-electron chi connectivity index (χ2n) is 6.99. The number of aromatic nitrogens is 4. The van der Waals surface area contributed by atoms with Gasteiger partial charge >= 0.3 is 0 Å². The average molecular weight is 414 g/mol. The molecule has 1 fully saturated rings. The molecule has 1 aliphatic rings. The number of hydrogen-bond donors (Lipinski definition) is 0. The maximum absolute atomic E-state index is 12.9. The van der Waals surface area contributed by atoms with Crippen LogP contribution in [0.15, 0.2) is 29.9 Å². The summed E-state index contributed by atoms with van der Waals surface area (Å²) in [4.78, 5) is 24.8. The molecule has 3 aromatic heterocycles. The van der Waals surface area contributed by atoms with Crippen molar-refractivity contribution < 1.29 is 14.3 Å². The molecule has 9 heteroatoms. The molecule has 3 aromatic rings. The first-order valence-corrected chi connectivity index (χ1v) is 10.3. The molecule has 152 valence electrons. The first kappa shape index (κ1) is 19.7. The second-order valence-corrected chi connectivity index (χ2v) is 7.94. The van der Waals surface area contributed by atoms with Crippen LogP contribution < -0.4 is 0 Å². The van der Waals surface area contributed by atoms with Crippen LogP contribution in [0.4, 0.5) is 0 Å². The fraction of sp³-hybridized carbons (Fsp3) is 0.400. The monoisotopic (exact) mass is 413 g/mol. The molecule has 1 atom stereocenters. The van der Waals surface area contributed by atoms with Gasteiger partial charge in [0.1, 0.15) is 0 Å². The normalized spacial score (nSPS) is 16.7. The van der Waals surface area contributed by atoms with Gasteiger partial charge in [-0.15, -0.1) is 11.3 Å². The van der Waals surface area contributed by atoms with E-state index in [2.05, 4.69) is 10.1 Å². The largest absolute Gasteiger partial charge is 0.376 e. The quantitative estimate of drug-likeness (QED) is 0.639. The number of amides is 1. The Balaban J connectivity index is 1.57. The van der Waals surface area contributed by atoms with Crippen LogP contribution in [0.5, 0.6) is 0 Å². The Morgan fingerprint density at radius 3 is 2.93 bits per heavy atom. The lowest BCUT2D eigenvalue weighted by Gasteiger charge is -2.27. The van der Waals surface area contributed by atoms with Gasteiger partial charge in [0.15, 0.2) is 0 Å². The highest BCUT2D eigenvalue weighted by Crippen LogP contribution is 2.26. The van der Waals surface area contributed by atoms with Gasteiger partial charge < -0.3 is 14.4 Å². The molecule has 1 amide bonds. The van der Waals surface area contributed by atoms with Gasteiger partial charge in [-0.05, 0) is 30.9 Å². The van der Waals surface area contributed by atoms with Crippen LogP contribution in [-0.4, -0.2) is 70.1 Å². The number of likely N-dealkylation sites (N-methyl/N-ethyl adjacent to an activating group) is 1. The molecular weight excluding hydrogens is 390 g/mol. The third-order valence-corrected chi connectivity index (χ3v) is 5.73. The molecule has 4 rings (SSSR count). The van der Waals surface area contributed by atoms with Crippen molar-refractivity contribution in [3.63, 3.8) is 0 Å². The number of hydrogen-bond acceptors (Lipinski definition) is 7. The highest BCUT2D eigenvalue weighted by Gasteiger charge is 2.24. The van der Waals surface area contributed by atoms with Crippen LogP contribution in [0.3, 0.4) is 0 Å². The zero-order valence-electron chi connectivity index (χ0n) is 16.7. The van der Waals surface area contributed by atoms with E-state index >= 15 is 0 Å². The van der Waals surface area contributed by atoms with Crippen LogP contribution in [0.2, 0.25) is 0 Å². The Morgan fingerprint density at radius 2 is 2.21 bits per heavy atom. The Kier molecular flexibility index (Phi) is 5.70. The maximum Gasteiger partial charge on any atom is 0.257 e. The SMILES string of the molecule is Cc1cnc(-n2ncc(C(=O)N(C)C[C@@H]3COCCO3)c2C)nc1-c1cccs1. The van der Waals surface area contributed by atoms with Crippen LogP contribution in [0, 0.1) is 13.8 Å². The summed E-state index contributed by atoms with van der Waals surface area (Å²) in [6.45, 7) is 5.95. The topological polar surface area (TPSA) is 82.4 Å². The molecule has 0 aromatic carbocycles. The number of carbonyl (C=O) groups excluding carboxylic acids is 1. The van der Waals surface area contributed by atoms with Crippen molar-refractivity contribution in [1.82, 2.24) is 24.6 Å². The smallest absolute Gasteiger partial charge is 0.257 e. The summed E-state index contributed by atoms with van der Waals surface area (Å²) in [6.07, 6.45) is 3.24. The number of aryl methyl sites for hydroxylation is 1. The van der Waals surface area contributed by atoms with Crippen LogP contribution in [0.25, 0.3) is 16.5 Å². The van der Waals surface area contributed by atoms with Crippen molar-refractivity contribution in [2.45, 2.75) is 20.0 Å². The summed E-state index contributed by atoms with van der Waals surface area (Å²) in [6, 6.07) is 4.02. The number of nitrogens with zero attached hydrogens (tertiary/aromatic N) is 5. The number of ether oxygens (including phenoxy) is 2. The third-order valence-electron chi connectivity index (χ3n) is 4.85. The Morgan fingerprint density at radius 1 is 1.34 bits per heavy atom. The predicted octanol–water partition coefficient (Wildman–Crippen LogP) is 2.50. The molecule has 1 saturated heterocycles. The molecule has 0 N–H and O–H groups in total. The van der Waals surface area contributed by atoms with Crippen molar-refractivity contribution in [3.8, 4) is 16.5 Å². The molecule has 0 aliphatic carbocycles. The third kappa shape index (κ3) is 4.07. The highest BCUT2D eigenvalue weighted by molar-refractivity contribution is 7.13. The average Bonchev–Trinajstić information content (AvgIpc) is 3.39. The molecule has 1 aliphatic heterocycles. The zero-order valence-corrected chi connectivity index (χ0v) is 17.5. The van der Waals surface area contributed by atoms with Gasteiger partial charge in [0.25, 0.3) is 11.9 Å². The predicted molar refractivity (Wildman–Crippen MR) is 109 cm³/mol. The second kappa shape index (κ2) is 8.40. The molecule has 8 nitrogen and oxygen atoms in total. The van der Waals surface area contributed by atoms with Gasteiger partial charge in [-0.2, -0.15) is 5.10 Å². The summed E-state index contributed by atoms with van der Waals surface area (Å²) in [5.74, 6) is 0.329. The van der Waals surface area contributed by atoms with Crippen molar-refractivity contribution in [3.05, 3.63) is 46.7 Å². The lowest BCUT2D eigenvalue weighted by molar-refractivity contribution is -0.0933. The Bertz CT molecular complexity index is 996. The van der Waals surface area contributed by atoms with Crippen molar-refractivity contribution in [2.75, 3.05) is 33.4 Å². The van der Waals surface area contributed by atoms with Gasteiger partial charge in [0.05, 0.1) is 53.9 Å². The van der Waals surface area contributed by atoms with E-state index in [1.807, 2.05) is 31.4 Å². The first-order valence-electron chi connectivity index (χ1n) is 9.42. The van der Waals surface area contributed by atoms with Crippen molar-refractivity contribution in [1.29, 1.82) is 0 Å². The van der Waals surface area contributed by atoms with E-state index in [0.717, 1.165) is 16.1 Å². The zero-order chi connectivity index (χ0) is 20.4. The molecule has 4 heterocycles. The standard InChI is InChI=1S/C20H23N5O3S/c1-13-9-21-20(23-18(13)17-5-4-8-29-17)25-14(2)16(10-22-25)19(26)24(3)11-15-12-27-6-7-28-15/h4-5,8-10,15H,6-7,11-12H2,1-3H3/t15-/m1/s1. The highest BCUT2D eigenvalue weighted by atomic mass is 32.1. The van der Waals surface area contributed by atoms with Crippen LogP contribution in [0.1, 0.15) is 21.6 Å². The minimum Gasteiger partial charge on any atom is -0.376 e. The minimum absolute atomic E-state index is 0.109. The molecule has 0 bridgehead atoms. The number of rotatable bonds is 5. The van der Waals surface area contributed by atoms with E-state index in [1.165, 1.54) is 0 Å². The maximum atomic E-state index is 12.9.